The maximum Gasteiger partial charge on any atom is 0.261 e. The van der Waals surface area contributed by atoms with Crippen LogP contribution in [0.5, 0.6) is 0 Å². The van der Waals surface area contributed by atoms with Crippen LogP contribution >= 0.6 is 23.5 Å². The summed E-state index contributed by atoms with van der Waals surface area (Å²) in [4.78, 5) is 28.9. The molecule has 0 unspecified atom stereocenters. The standard InChI is InChI=1S/C20H22N2O6S2/c1-29-19-7-11-9-27-5-3-13(23)15(11)21(19)18(26)20(30-2)8-12-10-28-6-4-14(24)16(12)22(20)17(19)25/h3-6,9-10,13-16,23-24H,7-8H2,1-2H3/t13-,14-,15-,16-,19+,20+/m0/s1. The molecule has 10 heteroatoms. The van der Waals surface area contributed by atoms with Gasteiger partial charge in [0.15, 0.2) is 9.74 Å². The second-order valence-corrected chi connectivity index (χ2v) is 10.0. The normalized spacial score (nSPS) is 41.6. The first-order chi connectivity index (χ1) is 14.4. The van der Waals surface area contributed by atoms with Crippen LogP contribution in [-0.4, -0.2) is 78.4 Å². The van der Waals surface area contributed by atoms with E-state index in [0.717, 1.165) is 0 Å². The van der Waals surface area contributed by atoms with E-state index in [1.807, 2.05) is 0 Å². The van der Waals surface area contributed by atoms with E-state index < -0.39 is 34.0 Å². The van der Waals surface area contributed by atoms with Gasteiger partial charge in [-0.1, -0.05) is 0 Å². The van der Waals surface area contributed by atoms with Crippen molar-refractivity contribution in [3.63, 3.8) is 0 Å². The molecule has 0 aromatic rings. The summed E-state index contributed by atoms with van der Waals surface area (Å²) < 4.78 is 10.7. The van der Waals surface area contributed by atoms with Gasteiger partial charge in [-0.25, -0.2) is 0 Å². The van der Waals surface area contributed by atoms with E-state index in [1.54, 1.807) is 22.3 Å². The third-order valence-electron chi connectivity index (χ3n) is 6.56. The van der Waals surface area contributed by atoms with Crippen molar-refractivity contribution in [1.29, 1.82) is 0 Å². The molecule has 2 amide bonds. The van der Waals surface area contributed by atoms with Gasteiger partial charge in [0, 0.05) is 12.8 Å². The van der Waals surface area contributed by atoms with Crippen LogP contribution in [0.1, 0.15) is 12.8 Å². The quantitative estimate of drug-likeness (QED) is 0.640. The molecule has 3 saturated heterocycles. The van der Waals surface area contributed by atoms with Crippen molar-refractivity contribution < 1.29 is 29.3 Å². The molecule has 5 rings (SSSR count). The van der Waals surface area contributed by atoms with E-state index in [9.17, 15) is 19.8 Å². The lowest BCUT2D eigenvalue weighted by Gasteiger charge is -2.53. The predicted molar refractivity (Wildman–Crippen MR) is 112 cm³/mol. The van der Waals surface area contributed by atoms with Gasteiger partial charge in [0.25, 0.3) is 11.8 Å². The Balaban J connectivity index is 1.70. The number of nitrogens with zero attached hydrogens (tertiary/aromatic N) is 2. The van der Waals surface area contributed by atoms with Gasteiger partial charge in [0.05, 0.1) is 49.3 Å². The monoisotopic (exact) mass is 450 g/mol. The molecule has 0 aliphatic carbocycles. The first kappa shape index (κ1) is 20.0. The smallest absolute Gasteiger partial charge is 0.261 e. The van der Waals surface area contributed by atoms with Crippen LogP contribution in [-0.2, 0) is 19.1 Å². The molecule has 0 aromatic carbocycles. The minimum Gasteiger partial charge on any atom is -0.473 e. The molecule has 3 fully saturated rings. The van der Waals surface area contributed by atoms with E-state index in [4.69, 9.17) is 9.47 Å². The lowest BCUT2D eigenvalue weighted by Crippen LogP contribution is -2.74. The third-order valence-corrected chi connectivity index (χ3v) is 8.94. The minimum atomic E-state index is -1.21. The Labute approximate surface area is 182 Å². The molecular formula is C20H22N2O6S2. The number of rotatable bonds is 2. The molecule has 160 valence electrons. The van der Waals surface area contributed by atoms with E-state index in [-0.39, 0.29) is 24.7 Å². The number of hydrogen-bond acceptors (Lipinski definition) is 8. The zero-order chi connectivity index (χ0) is 21.3. The van der Waals surface area contributed by atoms with Crippen molar-refractivity contribution in [3.05, 3.63) is 48.3 Å². The topological polar surface area (TPSA) is 99.5 Å². The Morgan fingerprint density at radius 3 is 1.63 bits per heavy atom. The molecule has 0 saturated carbocycles. The van der Waals surface area contributed by atoms with Gasteiger partial charge < -0.3 is 29.5 Å². The van der Waals surface area contributed by atoms with E-state index in [1.165, 1.54) is 60.7 Å². The molecule has 5 heterocycles. The van der Waals surface area contributed by atoms with Crippen LogP contribution in [0.15, 0.2) is 48.3 Å². The molecule has 5 aliphatic rings. The van der Waals surface area contributed by atoms with E-state index in [2.05, 4.69) is 0 Å². The largest absolute Gasteiger partial charge is 0.473 e. The zero-order valence-electron chi connectivity index (χ0n) is 16.4. The molecule has 0 bridgehead atoms. The van der Waals surface area contributed by atoms with Crippen LogP contribution in [0.3, 0.4) is 0 Å². The van der Waals surface area contributed by atoms with Gasteiger partial charge in [0.1, 0.15) is 0 Å². The molecule has 8 nitrogen and oxygen atoms in total. The van der Waals surface area contributed by atoms with Crippen molar-refractivity contribution in [1.82, 2.24) is 9.80 Å². The summed E-state index contributed by atoms with van der Waals surface area (Å²) >= 11 is 2.55. The minimum absolute atomic E-state index is 0.247. The number of carbonyl (C=O) groups is 2. The predicted octanol–water partition coefficient (Wildman–Crippen LogP) is 0.898. The van der Waals surface area contributed by atoms with Crippen molar-refractivity contribution >= 4 is 35.3 Å². The Morgan fingerprint density at radius 1 is 0.867 bits per heavy atom. The number of carbonyl (C=O) groups excluding carboxylic acids is 2. The summed E-state index contributed by atoms with van der Waals surface area (Å²) in [5, 5.41) is 21.5. The number of ether oxygens (including phenoxy) is 2. The maximum absolute atomic E-state index is 14.1. The molecule has 0 aromatic heterocycles. The average molecular weight is 451 g/mol. The van der Waals surface area contributed by atoms with Crippen molar-refractivity contribution in [2.75, 3.05) is 12.5 Å². The van der Waals surface area contributed by atoms with Gasteiger partial charge in [-0.2, -0.15) is 0 Å². The zero-order valence-corrected chi connectivity index (χ0v) is 18.1. The second kappa shape index (κ2) is 6.81. The molecule has 0 spiro atoms. The molecular weight excluding hydrogens is 428 g/mol. The molecule has 5 aliphatic heterocycles. The van der Waals surface area contributed by atoms with E-state index >= 15 is 0 Å². The van der Waals surface area contributed by atoms with Gasteiger partial charge in [-0.15, -0.1) is 23.5 Å². The fourth-order valence-electron chi connectivity index (χ4n) is 5.23. The summed E-state index contributed by atoms with van der Waals surface area (Å²) in [6.07, 6.45) is 10.9. The number of thioether (sulfide) groups is 2. The number of piperazine rings is 1. The van der Waals surface area contributed by atoms with Crippen LogP contribution in [0.2, 0.25) is 0 Å². The highest BCUT2D eigenvalue weighted by molar-refractivity contribution is 8.01. The Hall–Kier alpha value is -1.88. The van der Waals surface area contributed by atoms with Gasteiger partial charge >= 0.3 is 0 Å². The first-order valence-electron chi connectivity index (χ1n) is 9.57. The highest BCUT2D eigenvalue weighted by Gasteiger charge is 2.72. The second-order valence-electron chi connectivity index (χ2n) is 7.87. The summed E-state index contributed by atoms with van der Waals surface area (Å²) in [6, 6.07) is -1.36. The molecule has 30 heavy (non-hydrogen) atoms. The van der Waals surface area contributed by atoms with Crippen molar-refractivity contribution in [3.8, 4) is 0 Å². The van der Waals surface area contributed by atoms with Gasteiger partial charge in [0.2, 0.25) is 0 Å². The van der Waals surface area contributed by atoms with Crippen LogP contribution < -0.4 is 0 Å². The van der Waals surface area contributed by atoms with E-state index in [0.29, 0.717) is 11.1 Å². The number of hydrogen-bond donors (Lipinski definition) is 2. The summed E-state index contributed by atoms with van der Waals surface area (Å²) in [5.41, 5.74) is 1.39. The Bertz CT molecular complexity index is 858. The number of amides is 2. The van der Waals surface area contributed by atoms with Gasteiger partial charge in [-0.3, -0.25) is 9.59 Å². The maximum atomic E-state index is 14.1. The van der Waals surface area contributed by atoms with Crippen LogP contribution in [0, 0.1) is 0 Å². The van der Waals surface area contributed by atoms with Crippen LogP contribution in [0.25, 0.3) is 0 Å². The molecule has 2 N–H and O–H groups in total. The lowest BCUT2D eigenvalue weighted by atomic mass is 10.0. The average Bonchev–Trinajstić information content (AvgIpc) is 3.14. The highest BCUT2D eigenvalue weighted by Crippen LogP contribution is 2.58. The van der Waals surface area contributed by atoms with Crippen molar-refractivity contribution in [2.45, 2.75) is 46.9 Å². The summed E-state index contributed by atoms with van der Waals surface area (Å²) in [5.74, 6) is -0.506. The number of aliphatic hydroxyl groups is 2. The highest BCUT2D eigenvalue weighted by atomic mass is 32.2. The fourth-order valence-corrected chi connectivity index (χ4v) is 7.18. The summed E-state index contributed by atoms with van der Waals surface area (Å²) in [6.45, 7) is 0. The molecule has 0 radical (unpaired) electrons. The fraction of sp³-hybridized carbons (Fsp3) is 0.500. The van der Waals surface area contributed by atoms with Crippen LogP contribution in [0.4, 0.5) is 0 Å². The Morgan fingerprint density at radius 2 is 1.27 bits per heavy atom. The summed E-state index contributed by atoms with van der Waals surface area (Å²) in [7, 11) is 0. The Kier molecular flexibility index (Phi) is 4.55. The third kappa shape index (κ3) is 2.33. The molecule has 6 atom stereocenters. The van der Waals surface area contributed by atoms with Crippen molar-refractivity contribution in [2.24, 2.45) is 0 Å². The van der Waals surface area contributed by atoms with Gasteiger partial charge in [-0.05, 0) is 35.8 Å². The number of aliphatic hydroxyl groups excluding tert-OH is 2. The SMILES string of the molecule is CS[C@@]12CC3=COC=C[C@H](O)[C@H]3N1C(=O)[C@]1(SC)CC3=COC=C[C@H](O)[C@H]3N1C2=O. The first-order valence-corrected chi connectivity index (χ1v) is 12.0. The lowest BCUT2D eigenvalue weighted by molar-refractivity contribution is -0.167. The number of fused-ring (bicyclic) bond motifs is 6.